The van der Waals surface area contributed by atoms with Crippen LogP contribution in [0.15, 0.2) is 28.1 Å². The van der Waals surface area contributed by atoms with Gasteiger partial charge in [-0.1, -0.05) is 11.2 Å². The summed E-state index contributed by atoms with van der Waals surface area (Å²) in [7, 11) is 0. The predicted octanol–water partition coefficient (Wildman–Crippen LogP) is 0.931. The number of carbonyl (C=O) groups is 3. The quantitative estimate of drug-likeness (QED) is 0.354. The van der Waals surface area contributed by atoms with E-state index in [4.69, 9.17) is 5.53 Å². The molecule has 2 N–H and O–H groups in total. The molecule has 1 aromatic heterocycles. The van der Waals surface area contributed by atoms with Gasteiger partial charge in [-0.25, -0.2) is 4.98 Å². The highest BCUT2D eigenvalue weighted by atomic mass is 16.2. The third-order valence-electron chi connectivity index (χ3n) is 4.18. The van der Waals surface area contributed by atoms with Crippen LogP contribution in [0.1, 0.15) is 24.7 Å². The monoisotopic (exact) mass is 369 g/mol. The summed E-state index contributed by atoms with van der Waals surface area (Å²) in [6.07, 6.45) is 0.300. The summed E-state index contributed by atoms with van der Waals surface area (Å²) in [5.74, 6) is -1.23. The van der Waals surface area contributed by atoms with Crippen molar-refractivity contribution in [3.05, 3.63) is 44.8 Å². The van der Waals surface area contributed by atoms with E-state index < -0.39 is 30.0 Å². The molecule has 2 aromatic rings. The van der Waals surface area contributed by atoms with Gasteiger partial charge in [0.05, 0.1) is 16.6 Å². The first-order valence-corrected chi connectivity index (χ1v) is 8.08. The van der Waals surface area contributed by atoms with Crippen molar-refractivity contribution in [2.75, 3.05) is 11.9 Å². The molecule has 11 nitrogen and oxygen atoms in total. The van der Waals surface area contributed by atoms with E-state index in [-0.39, 0.29) is 29.8 Å². The van der Waals surface area contributed by atoms with E-state index in [2.05, 4.69) is 25.6 Å². The summed E-state index contributed by atoms with van der Waals surface area (Å²) in [4.78, 5) is 55.4. The molecule has 0 saturated carbocycles. The lowest BCUT2D eigenvalue weighted by molar-refractivity contribution is -0.135. The Morgan fingerprint density at radius 2 is 2.22 bits per heavy atom. The lowest BCUT2D eigenvalue weighted by Crippen LogP contribution is -2.45. The minimum absolute atomic E-state index is 0.116. The number of piperidine rings is 1. The fourth-order valence-corrected chi connectivity index (χ4v) is 3.04. The van der Waals surface area contributed by atoms with Gasteiger partial charge in [0.15, 0.2) is 0 Å². The van der Waals surface area contributed by atoms with Crippen LogP contribution in [0, 0.1) is 6.92 Å². The minimum atomic E-state index is -0.862. The number of imide groups is 1. The number of azide groups is 1. The number of nitrogens with zero attached hydrogens (tertiary/aromatic N) is 5. The van der Waals surface area contributed by atoms with Crippen LogP contribution in [-0.4, -0.2) is 33.8 Å². The van der Waals surface area contributed by atoms with Crippen LogP contribution in [0.25, 0.3) is 21.3 Å². The molecule has 1 aliphatic rings. The smallest absolute Gasteiger partial charge is 0.264 e. The number of anilines is 1. The van der Waals surface area contributed by atoms with E-state index in [0.717, 1.165) is 0 Å². The first-order valence-electron chi connectivity index (χ1n) is 8.08. The van der Waals surface area contributed by atoms with Gasteiger partial charge in [0.1, 0.15) is 18.4 Å². The van der Waals surface area contributed by atoms with Crippen molar-refractivity contribution >= 4 is 34.3 Å². The molecule has 1 aliphatic heterocycles. The first kappa shape index (κ1) is 18.1. The summed E-state index contributed by atoms with van der Waals surface area (Å²) in [5, 5.41) is 8.04. The normalized spacial score (nSPS) is 16.6. The van der Waals surface area contributed by atoms with Crippen LogP contribution in [-0.2, 0) is 14.4 Å². The number of hydrogen-bond donors (Lipinski definition) is 2. The average molecular weight is 369 g/mol. The van der Waals surface area contributed by atoms with Gasteiger partial charge in [0.25, 0.3) is 5.56 Å². The molecule has 11 heteroatoms. The van der Waals surface area contributed by atoms with Crippen LogP contribution < -0.4 is 16.2 Å². The maximum atomic E-state index is 13.1. The summed E-state index contributed by atoms with van der Waals surface area (Å²) in [6.45, 7) is 1.17. The Labute approximate surface area is 152 Å². The van der Waals surface area contributed by atoms with Crippen LogP contribution in [0.2, 0.25) is 0 Å². The molecule has 0 spiro atoms. The SMILES string of the molecule is Cc1nc2cccc(NC(=O)CN=[N+]=[N-])c2c(=O)n1C1CCC(=O)NC1=O. The lowest BCUT2D eigenvalue weighted by atomic mass is 10.1. The number of amides is 3. The van der Waals surface area contributed by atoms with Gasteiger partial charge in [-0.15, -0.1) is 0 Å². The molecule has 0 radical (unpaired) electrons. The van der Waals surface area contributed by atoms with Crippen LogP contribution >= 0.6 is 0 Å². The van der Waals surface area contributed by atoms with Gasteiger partial charge >= 0.3 is 0 Å². The highest BCUT2D eigenvalue weighted by Gasteiger charge is 2.30. The molecule has 0 aliphatic carbocycles. The second-order valence-electron chi connectivity index (χ2n) is 5.94. The Kier molecular flexibility index (Phi) is 4.86. The van der Waals surface area contributed by atoms with E-state index in [1.807, 2.05) is 0 Å². The molecule has 1 saturated heterocycles. The molecule has 3 rings (SSSR count). The van der Waals surface area contributed by atoms with E-state index in [1.54, 1.807) is 19.1 Å². The third-order valence-corrected chi connectivity index (χ3v) is 4.18. The summed E-state index contributed by atoms with van der Waals surface area (Å²) in [6, 6.07) is 3.89. The highest BCUT2D eigenvalue weighted by molar-refractivity contribution is 6.02. The number of hydrogen-bond acceptors (Lipinski definition) is 6. The topological polar surface area (TPSA) is 159 Å². The van der Waals surface area contributed by atoms with Crippen molar-refractivity contribution in [1.29, 1.82) is 0 Å². The van der Waals surface area contributed by atoms with Crippen LogP contribution in [0.5, 0.6) is 0 Å². The molecule has 3 amide bonds. The molecule has 0 bridgehead atoms. The van der Waals surface area contributed by atoms with Crippen molar-refractivity contribution in [3.63, 3.8) is 0 Å². The molecule has 138 valence electrons. The second-order valence-corrected chi connectivity index (χ2v) is 5.94. The number of nitrogens with one attached hydrogen (secondary N) is 2. The number of fused-ring (bicyclic) bond motifs is 1. The molecule has 1 unspecified atom stereocenters. The van der Waals surface area contributed by atoms with Gasteiger partial charge in [0.2, 0.25) is 17.7 Å². The number of aromatic nitrogens is 2. The molecular weight excluding hydrogens is 354 g/mol. The Hall–Kier alpha value is -3.72. The number of carbonyl (C=O) groups excluding carboxylic acids is 3. The summed E-state index contributed by atoms with van der Waals surface area (Å²) < 4.78 is 1.23. The van der Waals surface area contributed by atoms with Gasteiger partial charge in [-0.05, 0) is 31.0 Å². The predicted molar refractivity (Wildman–Crippen MR) is 94.8 cm³/mol. The zero-order valence-electron chi connectivity index (χ0n) is 14.3. The zero-order chi connectivity index (χ0) is 19.6. The van der Waals surface area contributed by atoms with E-state index >= 15 is 0 Å². The Bertz CT molecular complexity index is 1070. The first-order chi connectivity index (χ1) is 12.9. The summed E-state index contributed by atoms with van der Waals surface area (Å²) in [5.41, 5.74) is 8.35. The highest BCUT2D eigenvalue weighted by Crippen LogP contribution is 2.23. The maximum Gasteiger partial charge on any atom is 0.264 e. The van der Waals surface area contributed by atoms with Gasteiger partial charge < -0.3 is 5.32 Å². The standard InChI is InChI=1S/C16H15N7O4/c1-8-19-9-3-2-4-10(20-13(25)7-18-22-17)14(9)16(27)23(8)11-5-6-12(24)21-15(11)26/h2-4,11H,5-7H2,1H3,(H,20,25)(H,21,24,26). The maximum absolute atomic E-state index is 13.1. The lowest BCUT2D eigenvalue weighted by Gasteiger charge is -2.24. The molecule has 2 heterocycles. The molecule has 1 atom stereocenters. The van der Waals surface area contributed by atoms with Crippen LogP contribution in [0.4, 0.5) is 5.69 Å². The number of rotatable bonds is 4. The molecular formula is C16H15N7O4. The average Bonchev–Trinajstić information content (AvgIpc) is 2.61. The minimum Gasteiger partial charge on any atom is -0.325 e. The Morgan fingerprint density at radius 3 is 2.93 bits per heavy atom. The Morgan fingerprint density at radius 1 is 1.44 bits per heavy atom. The van der Waals surface area contributed by atoms with Crippen molar-refractivity contribution in [2.45, 2.75) is 25.8 Å². The van der Waals surface area contributed by atoms with Crippen molar-refractivity contribution in [3.8, 4) is 0 Å². The van der Waals surface area contributed by atoms with Crippen molar-refractivity contribution < 1.29 is 14.4 Å². The molecule has 27 heavy (non-hydrogen) atoms. The van der Waals surface area contributed by atoms with E-state index in [9.17, 15) is 19.2 Å². The second kappa shape index (κ2) is 7.26. The zero-order valence-corrected chi connectivity index (χ0v) is 14.3. The largest absolute Gasteiger partial charge is 0.325 e. The molecule has 1 fully saturated rings. The fraction of sp³-hybridized carbons (Fsp3) is 0.312. The van der Waals surface area contributed by atoms with Gasteiger partial charge in [0, 0.05) is 11.3 Å². The van der Waals surface area contributed by atoms with Gasteiger partial charge in [-0.3, -0.25) is 29.1 Å². The van der Waals surface area contributed by atoms with Crippen molar-refractivity contribution in [1.82, 2.24) is 14.9 Å². The van der Waals surface area contributed by atoms with Crippen molar-refractivity contribution in [2.24, 2.45) is 5.11 Å². The fourth-order valence-electron chi connectivity index (χ4n) is 3.04. The van der Waals surface area contributed by atoms with Gasteiger partial charge in [-0.2, -0.15) is 0 Å². The number of benzene rings is 1. The third kappa shape index (κ3) is 3.48. The van der Waals surface area contributed by atoms with E-state index in [0.29, 0.717) is 11.3 Å². The Balaban J connectivity index is 2.11. The molecule has 1 aromatic carbocycles. The van der Waals surface area contributed by atoms with Crippen LogP contribution in [0.3, 0.4) is 0 Å². The summed E-state index contributed by atoms with van der Waals surface area (Å²) >= 11 is 0. The van der Waals surface area contributed by atoms with E-state index in [1.165, 1.54) is 10.6 Å². The number of aryl methyl sites for hydroxylation is 1.